The second-order valence-electron chi connectivity index (χ2n) is 5.59. The van der Waals surface area contributed by atoms with Crippen molar-refractivity contribution in [2.45, 2.75) is 44.2 Å². The molecule has 0 heterocycles. The highest BCUT2D eigenvalue weighted by Gasteiger charge is 2.20. The molecule has 1 fully saturated rings. The fourth-order valence-corrected chi connectivity index (χ4v) is 2.64. The molecule has 0 unspecified atom stereocenters. The maximum Gasteiger partial charge on any atom is 0.251 e. The molecule has 2 amide bonds. The maximum absolute atomic E-state index is 11.8. The number of nitrogens with one attached hydrogen (secondary N) is 2. The monoisotopic (exact) mass is 324 g/mol. The lowest BCUT2D eigenvalue weighted by Crippen LogP contribution is -2.40. The van der Waals surface area contributed by atoms with Gasteiger partial charge in [-0.15, -0.1) is 0 Å². The molecule has 1 saturated carbocycles. The first-order valence-corrected chi connectivity index (χ1v) is 7.93. The lowest BCUT2D eigenvalue weighted by Gasteiger charge is -2.26. The minimum Gasteiger partial charge on any atom is -0.393 e. The number of carbonyl (C=O) groups excluding carboxylic acids is 2. The third-order valence-electron chi connectivity index (χ3n) is 3.81. The summed E-state index contributed by atoms with van der Waals surface area (Å²) in [5.74, 6) is -0.289. The number of rotatable bonds is 5. The van der Waals surface area contributed by atoms with Crippen LogP contribution in [0.3, 0.4) is 0 Å². The van der Waals surface area contributed by atoms with E-state index in [9.17, 15) is 14.7 Å². The van der Waals surface area contributed by atoms with E-state index in [0.29, 0.717) is 17.1 Å². The van der Waals surface area contributed by atoms with Crippen LogP contribution in [0, 0.1) is 0 Å². The summed E-state index contributed by atoms with van der Waals surface area (Å²) in [5, 5.41) is 15.7. The summed E-state index contributed by atoms with van der Waals surface area (Å²) in [6.07, 6.45) is 3.11. The molecule has 0 atom stereocenters. The molecule has 2 rings (SSSR count). The molecular formula is C16H21ClN2O3. The number of carbonyl (C=O) groups is 2. The number of amides is 2. The van der Waals surface area contributed by atoms with Gasteiger partial charge in [0.25, 0.3) is 5.91 Å². The predicted octanol–water partition coefficient (Wildman–Crippen LogP) is 1.88. The second-order valence-corrected chi connectivity index (χ2v) is 6.02. The third kappa shape index (κ3) is 5.31. The standard InChI is InChI=1S/C16H21ClN2O3/c17-12-3-1-11(2-4-12)16(22)18-10-9-15(21)19-13-5-7-14(20)8-6-13/h1-4,13-14,20H,5-10H2,(H,18,22)(H,19,21). The SMILES string of the molecule is O=C(CCNC(=O)c1ccc(Cl)cc1)NC1CCC(O)CC1. The number of benzene rings is 1. The molecule has 3 N–H and O–H groups in total. The van der Waals surface area contributed by atoms with Crippen molar-refractivity contribution in [3.8, 4) is 0 Å². The quantitative estimate of drug-likeness (QED) is 0.774. The molecule has 1 aromatic rings. The van der Waals surface area contributed by atoms with Gasteiger partial charge >= 0.3 is 0 Å². The summed E-state index contributed by atoms with van der Waals surface area (Å²) in [6, 6.07) is 6.74. The highest BCUT2D eigenvalue weighted by atomic mass is 35.5. The van der Waals surface area contributed by atoms with E-state index in [1.165, 1.54) is 0 Å². The molecule has 1 aromatic carbocycles. The minimum atomic E-state index is -0.230. The van der Waals surface area contributed by atoms with Gasteiger partial charge in [0, 0.05) is 29.6 Å². The number of halogens is 1. The van der Waals surface area contributed by atoms with Gasteiger partial charge < -0.3 is 15.7 Å². The Morgan fingerprint density at radius 3 is 2.41 bits per heavy atom. The van der Waals surface area contributed by atoms with E-state index in [4.69, 9.17) is 11.6 Å². The van der Waals surface area contributed by atoms with Gasteiger partial charge in [0.2, 0.25) is 5.91 Å². The van der Waals surface area contributed by atoms with Crippen LogP contribution in [0.1, 0.15) is 42.5 Å². The number of hydrogen-bond acceptors (Lipinski definition) is 3. The van der Waals surface area contributed by atoms with Gasteiger partial charge in [0.1, 0.15) is 0 Å². The Labute approximate surface area is 135 Å². The zero-order valence-corrected chi connectivity index (χ0v) is 13.1. The van der Waals surface area contributed by atoms with Crippen LogP contribution in [0.2, 0.25) is 5.02 Å². The van der Waals surface area contributed by atoms with Crippen LogP contribution in [0.15, 0.2) is 24.3 Å². The van der Waals surface area contributed by atoms with Crippen LogP contribution in [0.5, 0.6) is 0 Å². The number of hydrogen-bond donors (Lipinski definition) is 3. The van der Waals surface area contributed by atoms with E-state index >= 15 is 0 Å². The average Bonchev–Trinajstić information content (AvgIpc) is 2.50. The molecule has 0 radical (unpaired) electrons. The van der Waals surface area contributed by atoms with E-state index in [2.05, 4.69) is 10.6 Å². The van der Waals surface area contributed by atoms with E-state index in [1.807, 2.05) is 0 Å². The van der Waals surface area contributed by atoms with E-state index < -0.39 is 0 Å². The van der Waals surface area contributed by atoms with Crippen LogP contribution in [0.25, 0.3) is 0 Å². The lowest BCUT2D eigenvalue weighted by atomic mass is 9.93. The number of aliphatic hydroxyl groups is 1. The first-order valence-electron chi connectivity index (χ1n) is 7.56. The fourth-order valence-electron chi connectivity index (χ4n) is 2.51. The van der Waals surface area contributed by atoms with Gasteiger partial charge in [-0.1, -0.05) is 11.6 Å². The van der Waals surface area contributed by atoms with Crippen molar-refractivity contribution in [1.29, 1.82) is 0 Å². The zero-order valence-electron chi connectivity index (χ0n) is 12.3. The molecule has 0 bridgehead atoms. The van der Waals surface area contributed by atoms with Crippen LogP contribution in [0.4, 0.5) is 0 Å². The van der Waals surface area contributed by atoms with Crippen molar-refractivity contribution in [3.63, 3.8) is 0 Å². The summed E-state index contributed by atoms with van der Waals surface area (Å²) in [4.78, 5) is 23.7. The second kappa shape index (κ2) is 8.15. The van der Waals surface area contributed by atoms with Crippen molar-refractivity contribution in [2.75, 3.05) is 6.54 Å². The van der Waals surface area contributed by atoms with Gasteiger partial charge in [-0.05, 0) is 49.9 Å². The summed E-state index contributed by atoms with van der Waals surface area (Å²) in [6.45, 7) is 0.294. The maximum atomic E-state index is 11.8. The summed E-state index contributed by atoms with van der Waals surface area (Å²) in [5.41, 5.74) is 0.520. The average molecular weight is 325 g/mol. The summed E-state index contributed by atoms with van der Waals surface area (Å²) < 4.78 is 0. The molecule has 5 nitrogen and oxygen atoms in total. The molecule has 22 heavy (non-hydrogen) atoms. The normalized spacial score (nSPS) is 21.2. The Balaban J connectivity index is 1.66. The topological polar surface area (TPSA) is 78.4 Å². The van der Waals surface area contributed by atoms with Crippen molar-refractivity contribution >= 4 is 23.4 Å². The third-order valence-corrected chi connectivity index (χ3v) is 4.06. The Hall–Kier alpha value is -1.59. The fraction of sp³-hybridized carbons (Fsp3) is 0.500. The Morgan fingerprint density at radius 1 is 1.14 bits per heavy atom. The van der Waals surface area contributed by atoms with E-state index in [0.717, 1.165) is 25.7 Å². The minimum absolute atomic E-state index is 0.0715. The van der Waals surface area contributed by atoms with Gasteiger partial charge in [-0.25, -0.2) is 0 Å². The van der Waals surface area contributed by atoms with E-state index in [1.54, 1.807) is 24.3 Å². The molecule has 1 aliphatic rings. The molecule has 0 aliphatic heterocycles. The molecule has 120 valence electrons. The van der Waals surface area contributed by atoms with Gasteiger partial charge in [0.05, 0.1) is 6.10 Å². The Kier molecular flexibility index (Phi) is 6.21. The van der Waals surface area contributed by atoms with E-state index in [-0.39, 0.29) is 30.4 Å². The summed E-state index contributed by atoms with van der Waals surface area (Å²) in [7, 11) is 0. The highest BCUT2D eigenvalue weighted by Crippen LogP contribution is 2.18. The molecule has 0 spiro atoms. The largest absolute Gasteiger partial charge is 0.393 e. The van der Waals surface area contributed by atoms with Crippen LogP contribution >= 0.6 is 11.6 Å². The highest BCUT2D eigenvalue weighted by molar-refractivity contribution is 6.30. The van der Waals surface area contributed by atoms with Crippen LogP contribution in [-0.2, 0) is 4.79 Å². The summed E-state index contributed by atoms with van der Waals surface area (Å²) >= 11 is 5.76. The van der Waals surface area contributed by atoms with Gasteiger partial charge in [-0.2, -0.15) is 0 Å². The van der Waals surface area contributed by atoms with Crippen molar-refractivity contribution in [3.05, 3.63) is 34.9 Å². The molecule has 6 heteroatoms. The first-order chi connectivity index (χ1) is 10.5. The van der Waals surface area contributed by atoms with Crippen molar-refractivity contribution in [2.24, 2.45) is 0 Å². The van der Waals surface area contributed by atoms with Crippen molar-refractivity contribution < 1.29 is 14.7 Å². The van der Waals surface area contributed by atoms with Crippen LogP contribution < -0.4 is 10.6 Å². The molecular weight excluding hydrogens is 304 g/mol. The first kappa shape index (κ1) is 16.8. The van der Waals surface area contributed by atoms with Gasteiger partial charge in [0.15, 0.2) is 0 Å². The Morgan fingerprint density at radius 2 is 1.77 bits per heavy atom. The van der Waals surface area contributed by atoms with Crippen LogP contribution in [-0.4, -0.2) is 35.6 Å². The van der Waals surface area contributed by atoms with Gasteiger partial charge in [-0.3, -0.25) is 9.59 Å². The number of aliphatic hydroxyl groups excluding tert-OH is 1. The Bertz CT molecular complexity index is 511. The molecule has 0 saturated heterocycles. The predicted molar refractivity (Wildman–Crippen MR) is 84.8 cm³/mol. The smallest absolute Gasteiger partial charge is 0.251 e. The zero-order chi connectivity index (χ0) is 15.9. The van der Waals surface area contributed by atoms with Crippen molar-refractivity contribution in [1.82, 2.24) is 10.6 Å². The molecule has 1 aliphatic carbocycles. The lowest BCUT2D eigenvalue weighted by molar-refractivity contribution is -0.122. The molecule has 0 aromatic heterocycles.